The summed E-state index contributed by atoms with van der Waals surface area (Å²) in [5.41, 5.74) is 2.58. The summed E-state index contributed by atoms with van der Waals surface area (Å²) in [7, 11) is 0. The number of aromatic nitrogens is 3. The fraction of sp³-hybridized carbons (Fsp3) is 0.318. The Hall–Kier alpha value is -3.35. The number of piperidine rings is 1. The van der Waals surface area contributed by atoms with Crippen LogP contribution in [0.15, 0.2) is 54.9 Å². The smallest absolute Gasteiger partial charge is 0.244 e. The van der Waals surface area contributed by atoms with Crippen LogP contribution in [0.5, 0.6) is 0 Å². The van der Waals surface area contributed by atoms with Crippen molar-refractivity contribution in [2.45, 2.75) is 32.7 Å². The third-order valence-electron chi connectivity index (χ3n) is 4.94. The van der Waals surface area contributed by atoms with Crippen LogP contribution in [0.3, 0.4) is 0 Å². The van der Waals surface area contributed by atoms with Gasteiger partial charge in [0.25, 0.3) is 0 Å². The van der Waals surface area contributed by atoms with Crippen LogP contribution in [-0.4, -0.2) is 33.5 Å². The maximum Gasteiger partial charge on any atom is 0.244 e. The minimum atomic E-state index is -0.0601. The molecular weight excluding hydrogens is 364 g/mol. The van der Waals surface area contributed by atoms with Gasteiger partial charge in [-0.1, -0.05) is 0 Å². The lowest BCUT2D eigenvalue weighted by atomic mass is 10.1. The molecule has 3 aromatic rings. The summed E-state index contributed by atoms with van der Waals surface area (Å²) in [4.78, 5) is 23.6. The molecule has 1 aliphatic heterocycles. The van der Waals surface area contributed by atoms with Crippen molar-refractivity contribution in [1.82, 2.24) is 14.5 Å². The van der Waals surface area contributed by atoms with Crippen LogP contribution in [-0.2, 0) is 11.3 Å². The van der Waals surface area contributed by atoms with Gasteiger partial charge < -0.3 is 20.1 Å². The summed E-state index contributed by atoms with van der Waals surface area (Å²) < 4.78 is 1.83. The lowest BCUT2D eigenvalue weighted by molar-refractivity contribution is -0.116. The highest BCUT2D eigenvalue weighted by Crippen LogP contribution is 2.22. The first-order chi connectivity index (χ1) is 14.2. The highest BCUT2D eigenvalue weighted by atomic mass is 16.1. The first-order valence-electron chi connectivity index (χ1n) is 10.0. The molecule has 4 rings (SSSR count). The van der Waals surface area contributed by atoms with Gasteiger partial charge in [-0.3, -0.25) is 4.79 Å². The molecule has 2 aromatic heterocycles. The summed E-state index contributed by atoms with van der Waals surface area (Å²) in [5, 5.41) is 6.18. The number of rotatable bonds is 6. The van der Waals surface area contributed by atoms with Gasteiger partial charge in [0.15, 0.2) is 0 Å². The van der Waals surface area contributed by atoms with E-state index in [1.807, 2.05) is 66.3 Å². The molecule has 7 heteroatoms. The van der Waals surface area contributed by atoms with E-state index in [1.165, 1.54) is 19.3 Å². The number of aryl methyl sites for hydroxylation is 1. The van der Waals surface area contributed by atoms with E-state index in [-0.39, 0.29) is 5.91 Å². The molecule has 0 aliphatic carbocycles. The van der Waals surface area contributed by atoms with Gasteiger partial charge in [-0.25, -0.2) is 4.98 Å². The van der Waals surface area contributed by atoms with Gasteiger partial charge in [-0.2, -0.15) is 4.98 Å². The average molecular weight is 390 g/mol. The fourth-order valence-corrected chi connectivity index (χ4v) is 3.50. The zero-order valence-electron chi connectivity index (χ0n) is 16.6. The summed E-state index contributed by atoms with van der Waals surface area (Å²) >= 11 is 0. The highest BCUT2D eigenvalue weighted by molar-refractivity contribution is 5.90. The van der Waals surface area contributed by atoms with Crippen molar-refractivity contribution >= 4 is 29.0 Å². The van der Waals surface area contributed by atoms with Crippen LogP contribution in [0.4, 0.5) is 23.1 Å². The van der Waals surface area contributed by atoms with E-state index in [1.54, 1.807) is 0 Å². The van der Waals surface area contributed by atoms with E-state index in [9.17, 15) is 4.79 Å². The van der Waals surface area contributed by atoms with E-state index in [0.29, 0.717) is 12.5 Å². The molecule has 3 heterocycles. The van der Waals surface area contributed by atoms with Crippen molar-refractivity contribution in [3.05, 3.63) is 60.6 Å². The van der Waals surface area contributed by atoms with Crippen molar-refractivity contribution in [2.75, 3.05) is 28.6 Å². The summed E-state index contributed by atoms with van der Waals surface area (Å²) in [6.45, 7) is 4.38. The largest absolute Gasteiger partial charge is 0.356 e. The Bertz CT molecular complexity index is 946. The van der Waals surface area contributed by atoms with Gasteiger partial charge in [-0.05, 0) is 62.6 Å². The Morgan fingerprint density at radius 1 is 1.00 bits per heavy atom. The average Bonchev–Trinajstić information content (AvgIpc) is 3.22. The number of hydrogen-bond donors (Lipinski definition) is 2. The number of anilines is 4. The molecule has 0 atom stereocenters. The Morgan fingerprint density at radius 2 is 1.69 bits per heavy atom. The molecule has 0 unspecified atom stereocenters. The zero-order valence-corrected chi connectivity index (χ0v) is 16.6. The molecule has 0 radical (unpaired) electrons. The highest BCUT2D eigenvalue weighted by Gasteiger charge is 2.14. The van der Waals surface area contributed by atoms with E-state index in [2.05, 4.69) is 20.5 Å². The van der Waals surface area contributed by atoms with Crippen LogP contribution in [0.25, 0.3) is 0 Å². The molecule has 1 fully saturated rings. The predicted octanol–water partition coefficient (Wildman–Crippen LogP) is 3.96. The summed E-state index contributed by atoms with van der Waals surface area (Å²) in [6, 6.07) is 13.4. The van der Waals surface area contributed by atoms with Crippen molar-refractivity contribution in [2.24, 2.45) is 0 Å². The van der Waals surface area contributed by atoms with Crippen LogP contribution in [0.2, 0.25) is 0 Å². The number of nitrogens with zero attached hydrogens (tertiary/aromatic N) is 4. The number of nitrogens with one attached hydrogen (secondary N) is 2. The molecule has 150 valence electrons. The number of benzene rings is 1. The maximum absolute atomic E-state index is 12.1. The Labute approximate surface area is 170 Å². The van der Waals surface area contributed by atoms with Crippen LogP contribution < -0.4 is 15.5 Å². The molecule has 7 nitrogen and oxygen atoms in total. The fourth-order valence-electron chi connectivity index (χ4n) is 3.50. The van der Waals surface area contributed by atoms with Crippen molar-refractivity contribution in [3.63, 3.8) is 0 Å². The van der Waals surface area contributed by atoms with Gasteiger partial charge in [0.2, 0.25) is 11.9 Å². The topological polar surface area (TPSA) is 75.1 Å². The number of carbonyl (C=O) groups excluding carboxylic acids is 1. The van der Waals surface area contributed by atoms with E-state index in [0.717, 1.165) is 36.0 Å². The molecule has 29 heavy (non-hydrogen) atoms. The van der Waals surface area contributed by atoms with E-state index >= 15 is 0 Å². The molecular formula is C22H26N6O. The minimum absolute atomic E-state index is 0.0601. The van der Waals surface area contributed by atoms with Gasteiger partial charge in [0.05, 0.1) is 0 Å². The Morgan fingerprint density at radius 3 is 2.41 bits per heavy atom. The quantitative estimate of drug-likeness (QED) is 0.666. The number of carbonyl (C=O) groups is 1. The number of amides is 1. The second-order valence-corrected chi connectivity index (χ2v) is 7.34. The number of hydrogen-bond acceptors (Lipinski definition) is 5. The van der Waals surface area contributed by atoms with Crippen LogP contribution in [0.1, 0.15) is 25.0 Å². The monoisotopic (exact) mass is 390 g/mol. The van der Waals surface area contributed by atoms with E-state index in [4.69, 9.17) is 4.98 Å². The standard InChI is InChI=1S/C22H26N6O/c1-17-15-20(28-13-3-2-4-14-28)26-22(23-17)25-19-9-7-18(8-10-19)24-21(29)16-27-11-5-6-12-27/h5-12,15H,2-4,13-14,16H2,1H3,(H,24,29)(H,23,25,26). The molecule has 0 bridgehead atoms. The van der Waals surface area contributed by atoms with Gasteiger partial charge >= 0.3 is 0 Å². The molecule has 1 amide bonds. The zero-order chi connectivity index (χ0) is 20.1. The molecule has 1 saturated heterocycles. The van der Waals surface area contributed by atoms with Crippen LogP contribution in [0, 0.1) is 6.92 Å². The molecule has 1 aromatic carbocycles. The van der Waals surface area contributed by atoms with Crippen molar-refractivity contribution in [1.29, 1.82) is 0 Å². The normalized spacial score (nSPS) is 13.9. The van der Waals surface area contributed by atoms with Gasteiger partial charge in [0, 0.05) is 48.6 Å². The lowest BCUT2D eigenvalue weighted by Crippen LogP contribution is -2.30. The molecule has 1 aliphatic rings. The van der Waals surface area contributed by atoms with Gasteiger partial charge in [0.1, 0.15) is 12.4 Å². The molecule has 0 spiro atoms. The molecule has 2 N–H and O–H groups in total. The maximum atomic E-state index is 12.1. The minimum Gasteiger partial charge on any atom is -0.356 e. The van der Waals surface area contributed by atoms with E-state index < -0.39 is 0 Å². The molecule has 0 saturated carbocycles. The third-order valence-corrected chi connectivity index (χ3v) is 4.94. The second kappa shape index (κ2) is 8.77. The lowest BCUT2D eigenvalue weighted by Gasteiger charge is -2.28. The second-order valence-electron chi connectivity index (χ2n) is 7.34. The SMILES string of the molecule is Cc1cc(N2CCCCC2)nc(Nc2ccc(NC(=O)Cn3cccc3)cc2)n1. The van der Waals surface area contributed by atoms with Crippen molar-refractivity contribution in [3.8, 4) is 0 Å². The first-order valence-corrected chi connectivity index (χ1v) is 10.0. The summed E-state index contributed by atoms with van der Waals surface area (Å²) in [5.74, 6) is 1.51. The summed E-state index contributed by atoms with van der Waals surface area (Å²) in [6.07, 6.45) is 7.45. The predicted molar refractivity (Wildman–Crippen MR) is 116 cm³/mol. The van der Waals surface area contributed by atoms with Crippen molar-refractivity contribution < 1.29 is 4.79 Å². The third kappa shape index (κ3) is 5.13. The Balaban J connectivity index is 1.39. The first kappa shape index (κ1) is 19.0. The van der Waals surface area contributed by atoms with Gasteiger partial charge in [-0.15, -0.1) is 0 Å². The Kier molecular flexibility index (Phi) is 5.74. The van der Waals surface area contributed by atoms with Crippen LogP contribution >= 0.6 is 0 Å².